The molecule has 2 bridgehead atoms. The lowest BCUT2D eigenvalue weighted by Gasteiger charge is -2.23. The van der Waals surface area contributed by atoms with Crippen LogP contribution >= 0.6 is 0 Å². The molecular weight excluding hydrogens is 464 g/mol. The van der Waals surface area contributed by atoms with Gasteiger partial charge in [-0.25, -0.2) is 0 Å². The van der Waals surface area contributed by atoms with E-state index in [-0.39, 0.29) is 5.91 Å². The SMILES string of the molecule is O=C(c1cc(C2CC2)[nH]n1)N1CCOCCOc2ccc(-c3cccnc3)cc2Cc2cccc(c2)C1. The Balaban J connectivity index is 1.27. The fourth-order valence-corrected chi connectivity index (χ4v) is 4.80. The van der Waals surface area contributed by atoms with Crippen LogP contribution in [0.2, 0.25) is 0 Å². The largest absolute Gasteiger partial charge is 0.491 e. The van der Waals surface area contributed by atoms with Crippen LogP contribution in [0.15, 0.2) is 73.1 Å². The lowest BCUT2D eigenvalue weighted by atomic mass is 9.98. The van der Waals surface area contributed by atoms with Crippen LogP contribution in [-0.2, 0) is 17.7 Å². The van der Waals surface area contributed by atoms with Crippen molar-refractivity contribution >= 4 is 5.91 Å². The molecule has 37 heavy (non-hydrogen) atoms. The van der Waals surface area contributed by atoms with Gasteiger partial charge < -0.3 is 14.4 Å². The van der Waals surface area contributed by atoms with Crippen molar-refractivity contribution in [2.24, 2.45) is 0 Å². The molecule has 7 nitrogen and oxygen atoms in total. The summed E-state index contributed by atoms with van der Waals surface area (Å²) in [5.41, 5.74) is 7.05. The number of carbonyl (C=O) groups is 1. The first-order chi connectivity index (χ1) is 18.2. The maximum Gasteiger partial charge on any atom is 0.274 e. The number of aromatic amines is 1. The van der Waals surface area contributed by atoms with Crippen molar-refractivity contribution < 1.29 is 14.3 Å². The average molecular weight is 495 g/mol. The normalized spacial score (nSPS) is 16.4. The molecule has 0 unspecified atom stereocenters. The Morgan fingerprint density at radius 2 is 1.86 bits per heavy atom. The number of H-pyrrole nitrogens is 1. The Morgan fingerprint density at radius 1 is 0.946 bits per heavy atom. The molecule has 4 aromatic rings. The van der Waals surface area contributed by atoms with E-state index in [1.807, 2.05) is 29.3 Å². The van der Waals surface area contributed by atoms with Gasteiger partial charge in [0.15, 0.2) is 0 Å². The Bertz CT molecular complexity index is 1380. The summed E-state index contributed by atoms with van der Waals surface area (Å²) in [6, 6.07) is 20.6. The van der Waals surface area contributed by atoms with E-state index < -0.39 is 0 Å². The van der Waals surface area contributed by atoms with Crippen LogP contribution in [0.3, 0.4) is 0 Å². The zero-order chi connectivity index (χ0) is 25.0. The number of rotatable bonds is 3. The Hall–Kier alpha value is -3.97. The lowest BCUT2D eigenvalue weighted by Crippen LogP contribution is -2.34. The van der Waals surface area contributed by atoms with Crippen molar-refractivity contribution in [2.75, 3.05) is 26.4 Å². The lowest BCUT2D eigenvalue weighted by molar-refractivity contribution is 0.0567. The highest BCUT2D eigenvalue weighted by Gasteiger charge is 2.27. The Morgan fingerprint density at radius 3 is 2.73 bits per heavy atom. The van der Waals surface area contributed by atoms with Gasteiger partial charge in [0.25, 0.3) is 5.91 Å². The number of aromatic nitrogens is 3. The molecule has 6 rings (SSSR count). The minimum absolute atomic E-state index is 0.0769. The Kier molecular flexibility index (Phi) is 6.69. The predicted octanol–water partition coefficient (Wildman–Crippen LogP) is 4.99. The number of amides is 1. The molecule has 1 amide bonds. The van der Waals surface area contributed by atoms with E-state index in [4.69, 9.17) is 9.47 Å². The second-order valence-corrected chi connectivity index (χ2v) is 9.73. The van der Waals surface area contributed by atoms with Crippen LogP contribution in [0.4, 0.5) is 0 Å². The van der Waals surface area contributed by atoms with Crippen LogP contribution < -0.4 is 4.74 Å². The van der Waals surface area contributed by atoms with Gasteiger partial charge in [-0.15, -0.1) is 0 Å². The van der Waals surface area contributed by atoms with Crippen molar-refractivity contribution in [3.05, 3.63) is 101 Å². The fraction of sp³-hybridized carbons (Fsp3) is 0.300. The van der Waals surface area contributed by atoms with Crippen molar-refractivity contribution in [1.82, 2.24) is 20.1 Å². The fourth-order valence-electron chi connectivity index (χ4n) is 4.80. The number of nitrogens with zero attached hydrogens (tertiary/aromatic N) is 3. The molecule has 0 spiro atoms. The standard InChI is InChI=1S/C30H30N4O3/c35-30(28-18-27(32-33-28)23-6-7-23)34-11-12-36-13-14-37-29-9-8-24(25-5-2-10-31-19-25)17-26(29)16-21-3-1-4-22(15-21)20-34/h1-5,8-10,15,17-19,23H,6-7,11-14,16,20H2,(H,32,33). The summed E-state index contributed by atoms with van der Waals surface area (Å²) in [7, 11) is 0. The van der Waals surface area contributed by atoms with Crippen LogP contribution in [0, 0.1) is 0 Å². The maximum absolute atomic E-state index is 13.4. The van der Waals surface area contributed by atoms with Crippen molar-refractivity contribution in [3.63, 3.8) is 0 Å². The van der Waals surface area contributed by atoms with Gasteiger partial charge in [-0.2, -0.15) is 5.10 Å². The second kappa shape index (κ2) is 10.6. The van der Waals surface area contributed by atoms with E-state index in [0.29, 0.717) is 44.5 Å². The topological polar surface area (TPSA) is 80.3 Å². The number of hydrogen-bond acceptors (Lipinski definition) is 5. The number of hydrogen-bond donors (Lipinski definition) is 1. The molecule has 0 saturated heterocycles. The first-order valence-corrected chi connectivity index (χ1v) is 12.9. The van der Waals surface area contributed by atoms with E-state index >= 15 is 0 Å². The summed E-state index contributed by atoms with van der Waals surface area (Å²) >= 11 is 0. The van der Waals surface area contributed by atoms with Crippen LogP contribution in [0.1, 0.15) is 51.6 Å². The third-order valence-corrected chi connectivity index (χ3v) is 6.93. The van der Waals surface area contributed by atoms with Crippen LogP contribution in [0.5, 0.6) is 5.75 Å². The van der Waals surface area contributed by atoms with E-state index in [0.717, 1.165) is 53.0 Å². The summed E-state index contributed by atoms with van der Waals surface area (Å²) in [6.45, 7) is 2.31. The molecule has 188 valence electrons. The van der Waals surface area contributed by atoms with Crippen LogP contribution in [0.25, 0.3) is 11.1 Å². The second-order valence-electron chi connectivity index (χ2n) is 9.73. The molecule has 0 atom stereocenters. The van der Waals surface area contributed by atoms with Gasteiger partial charge in [0.2, 0.25) is 0 Å². The highest BCUT2D eigenvalue weighted by molar-refractivity contribution is 5.92. The first-order valence-electron chi connectivity index (χ1n) is 12.9. The smallest absolute Gasteiger partial charge is 0.274 e. The van der Waals surface area contributed by atoms with Gasteiger partial charge in [0, 0.05) is 49.1 Å². The molecular formula is C30H30N4O3. The van der Waals surface area contributed by atoms with Gasteiger partial charge in [0.1, 0.15) is 18.1 Å². The third kappa shape index (κ3) is 5.57. The molecule has 2 aliphatic rings. The summed E-state index contributed by atoms with van der Waals surface area (Å²) in [6.07, 6.45) is 6.70. The summed E-state index contributed by atoms with van der Waals surface area (Å²) < 4.78 is 12.0. The summed E-state index contributed by atoms with van der Waals surface area (Å²) in [5.74, 6) is 1.31. The first kappa shape index (κ1) is 23.4. The highest BCUT2D eigenvalue weighted by Crippen LogP contribution is 2.39. The number of fused-ring (bicyclic) bond motifs is 3. The van der Waals surface area contributed by atoms with Crippen molar-refractivity contribution in [3.8, 4) is 16.9 Å². The molecule has 7 heteroatoms. The molecule has 1 aliphatic heterocycles. The minimum Gasteiger partial charge on any atom is -0.491 e. The van der Waals surface area contributed by atoms with Crippen molar-refractivity contribution in [1.29, 1.82) is 0 Å². The van der Waals surface area contributed by atoms with E-state index in [1.165, 1.54) is 5.56 Å². The van der Waals surface area contributed by atoms with E-state index in [1.54, 1.807) is 6.20 Å². The van der Waals surface area contributed by atoms with Gasteiger partial charge in [-0.05, 0) is 59.4 Å². The number of ether oxygens (including phenoxy) is 2. The van der Waals surface area contributed by atoms with Gasteiger partial charge in [-0.3, -0.25) is 14.9 Å². The molecule has 0 radical (unpaired) electrons. The Labute approximate surface area is 216 Å². The number of carbonyl (C=O) groups excluding carboxylic acids is 1. The number of nitrogens with one attached hydrogen (secondary N) is 1. The van der Waals surface area contributed by atoms with Crippen molar-refractivity contribution in [2.45, 2.75) is 31.7 Å². The third-order valence-electron chi connectivity index (χ3n) is 6.93. The monoisotopic (exact) mass is 494 g/mol. The minimum atomic E-state index is -0.0769. The highest BCUT2D eigenvalue weighted by atomic mass is 16.5. The molecule has 2 aromatic heterocycles. The number of pyridine rings is 1. The zero-order valence-corrected chi connectivity index (χ0v) is 20.7. The molecule has 3 heterocycles. The molecule has 1 saturated carbocycles. The summed E-state index contributed by atoms with van der Waals surface area (Å²) in [5, 5.41) is 7.37. The maximum atomic E-state index is 13.4. The van der Waals surface area contributed by atoms with E-state index in [2.05, 4.69) is 57.6 Å². The molecule has 2 aromatic carbocycles. The van der Waals surface area contributed by atoms with Gasteiger partial charge in [0.05, 0.1) is 13.2 Å². The van der Waals surface area contributed by atoms with Gasteiger partial charge >= 0.3 is 0 Å². The predicted molar refractivity (Wildman–Crippen MR) is 141 cm³/mol. The molecule has 1 N–H and O–H groups in total. The quantitative estimate of drug-likeness (QED) is 0.434. The summed E-state index contributed by atoms with van der Waals surface area (Å²) in [4.78, 5) is 19.5. The van der Waals surface area contributed by atoms with E-state index in [9.17, 15) is 4.79 Å². The van der Waals surface area contributed by atoms with Crippen LogP contribution in [-0.4, -0.2) is 52.4 Å². The average Bonchev–Trinajstić information content (AvgIpc) is 3.66. The zero-order valence-electron chi connectivity index (χ0n) is 20.7. The van der Waals surface area contributed by atoms with Gasteiger partial charge in [-0.1, -0.05) is 36.4 Å². The number of benzene rings is 2. The molecule has 1 fully saturated rings. The molecule has 1 aliphatic carbocycles.